The third-order valence-electron chi connectivity index (χ3n) is 1.80. The molecule has 0 aromatic heterocycles. The van der Waals surface area contributed by atoms with Crippen molar-refractivity contribution in [3.05, 3.63) is 11.5 Å². The minimum Gasteiger partial charge on any atom is -0.448 e. The molecule has 1 amide bonds. The summed E-state index contributed by atoms with van der Waals surface area (Å²) in [4.78, 5) is 11.2. The molecular formula is C8H11Cl2NO4S. The fraction of sp³-hybridized carbons (Fsp3) is 0.625. The zero-order valence-corrected chi connectivity index (χ0v) is 10.6. The number of nitrogens with one attached hydrogen (secondary N) is 1. The Bertz CT molecular complexity index is 381. The van der Waals surface area contributed by atoms with Gasteiger partial charge in [-0.1, -0.05) is 0 Å². The fourth-order valence-electron chi connectivity index (χ4n) is 1.07. The van der Waals surface area contributed by atoms with Gasteiger partial charge >= 0.3 is 6.09 Å². The molecule has 1 N–H and O–H groups in total. The van der Waals surface area contributed by atoms with E-state index in [1.165, 1.54) is 6.08 Å². The van der Waals surface area contributed by atoms with E-state index in [9.17, 15) is 13.2 Å². The Morgan fingerprint density at radius 2 is 2.31 bits per heavy atom. The van der Waals surface area contributed by atoms with E-state index >= 15 is 0 Å². The molecule has 0 radical (unpaired) electrons. The van der Waals surface area contributed by atoms with Crippen LogP contribution in [0.5, 0.6) is 0 Å². The molecule has 92 valence electrons. The van der Waals surface area contributed by atoms with Crippen molar-refractivity contribution >= 4 is 39.1 Å². The molecule has 0 saturated carbocycles. The Kier molecular flexibility index (Phi) is 4.89. The van der Waals surface area contributed by atoms with Crippen molar-refractivity contribution in [1.29, 1.82) is 0 Å². The molecule has 1 rings (SSSR count). The molecule has 16 heavy (non-hydrogen) atoms. The van der Waals surface area contributed by atoms with Gasteiger partial charge in [0.15, 0.2) is 9.84 Å². The highest BCUT2D eigenvalue weighted by molar-refractivity contribution is 7.94. The number of hydrogen-bond acceptors (Lipinski definition) is 4. The van der Waals surface area contributed by atoms with Gasteiger partial charge in [0.1, 0.15) is 6.61 Å². The van der Waals surface area contributed by atoms with E-state index in [1.54, 1.807) is 0 Å². The smallest absolute Gasteiger partial charge is 0.407 e. The average molecular weight is 288 g/mol. The molecule has 2 unspecified atom stereocenters. The van der Waals surface area contributed by atoms with Gasteiger partial charge in [0.05, 0.1) is 17.2 Å². The summed E-state index contributed by atoms with van der Waals surface area (Å²) in [5, 5.41) is 3.01. The summed E-state index contributed by atoms with van der Waals surface area (Å²) in [6, 6.07) is -0.540. The van der Waals surface area contributed by atoms with Crippen molar-refractivity contribution in [2.24, 2.45) is 0 Å². The van der Waals surface area contributed by atoms with Crippen molar-refractivity contribution in [3.8, 4) is 0 Å². The fourth-order valence-corrected chi connectivity index (χ4v) is 2.46. The first-order valence-corrected chi connectivity index (χ1v) is 7.16. The monoisotopic (exact) mass is 287 g/mol. The van der Waals surface area contributed by atoms with Crippen LogP contribution in [0.15, 0.2) is 11.5 Å². The highest BCUT2D eigenvalue weighted by Gasteiger charge is 2.23. The van der Waals surface area contributed by atoms with Gasteiger partial charge in [-0.3, -0.25) is 0 Å². The van der Waals surface area contributed by atoms with Crippen molar-refractivity contribution < 1.29 is 17.9 Å². The van der Waals surface area contributed by atoms with Gasteiger partial charge in [0.25, 0.3) is 0 Å². The van der Waals surface area contributed by atoms with Crippen LogP contribution in [-0.4, -0.2) is 44.2 Å². The van der Waals surface area contributed by atoms with Crippen LogP contribution in [0, 0.1) is 0 Å². The predicted octanol–water partition coefficient (Wildman–Crippen LogP) is 0.869. The molecule has 5 nitrogen and oxygen atoms in total. The van der Waals surface area contributed by atoms with Gasteiger partial charge in [-0.2, -0.15) is 0 Å². The van der Waals surface area contributed by atoms with E-state index in [-0.39, 0.29) is 18.2 Å². The van der Waals surface area contributed by atoms with Crippen LogP contribution in [-0.2, 0) is 14.6 Å². The third-order valence-corrected chi connectivity index (χ3v) is 4.00. The van der Waals surface area contributed by atoms with E-state index in [4.69, 9.17) is 27.9 Å². The lowest BCUT2D eigenvalue weighted by Crippen LogP contribution is -2.36. The number of carbonyl (C=O) groups is 1. The molecule has 0 aliphatic carbocycles. The molecule has 1 aliphatic heterocycles. The molecule has 8 heteroatoms. The van der Waals surface area contributed by atoms with Crippen molar-refractivity contribution in [3.63, 3.8) is 0 Å². The number of carbonyl (C=O) groups excluding carboxylic acids is 1. The van der Waals surface area contributed by atoms with Gasteiger partial charge in [-0.15, -0.1) is 23.2 Å². The maximum atomic E-state index is 11.2. The molecule has 0 saturated heterocycles. The van der Waals surface area contributed by atoms with Gasteiger partial charge in [-0.25, -0.2) is 13.2 Å². The van der Waals surface area contributed by atoms with Crippen molar-refractivity contribution in [2.45, 2.75) is 11.4 Å². The second-order valence-electron chi connectivity index (χ2n) is 3.26. The summed E-state index contributed by atoms with van der Waals surface area (Å²) in [5.41, 5.74) is 0. The quantitative estimate of drug-likeness (QED) is 0.779. The number of halogens is 2. The second kappa shape index (κ2) is 5.75. The average Bonchev–Trinajstić information content (AvgIpc) is 2.54. The summed E-state index contributed by atoms with van der Waals surface area (Å²) in [6.45, 7) is -0.0138. The number of amides is 1. The zero-order valence-electron chi connectivity index (χ0n) is 8.23. The van der Waals surface area contributed by atoms with Gasteiger partial charge in [0.2, 0.25) is 0 Å². The SMILES string of the molecule is O=C(NC1C=CS(=O)(=O)C1)OCC(Cl)CCl. The molecule has 0 bridgehead atoms. The highest BCUT2D eigenvalue weighted by Crippen LogP contribution is 2.08. The van der Waals surface area contributed by atoms with Crippen LogP contribution in [0.2, 0.25) is 0 Å². The molecule has 0 spiro atoms. The van der Waals surface area contributed by atoms with Gasteiger partial charge < -0.3 is 10.1 Å². The Balaban J connectivity index is 2.29. The van der Waals surface area contributed by atoms with Gasteiger partial charge in [0, 0.05) is 11.3 Å². The highest BCUT2D eigenvalue weighted by atomic mass is 35.5. The lowest BCUT2D eigenvalue weighted by Gasteiger charge is -2.11. The summed E-state index contributed by atoms with van der Waals surface area (Å²) in [7, 11) is -3.18. The number of sulfone groups is 1. The molecule has 0 aromatic carbocycles. The summed E-state index contributed by atoms with van der Waals surface area (Å²) in [5.74, 6) is 0.0362. The first kappa shape index (κ1) is 13.6. The number of rotatable bonds is 4. The first-order chi connectivity index (χ1) is 7.43. The minimum atomic E-state index is -3.18. The van der Waals surface area contributed by atoms with E-state index in [0.29, 0.717) is 0 Å². The maximum absolute atomic E-state index is 11.2. The largest absolute Gasteiger partial charge is 0.448 e. The Labute approximate surface area is 104 Å². The zero-order chi connectivity index (χ0) is 12.2. The van der Waals surface area contributed by atoms with Gasteiger partial charge in [-0.05, 0) is 6.08 Å². The van der Waals surface area contributed by atoms with Crippen molar-refractivity contribution in [2.75, 3.05) is 18.2 Å². The standard InChI is InChI=1S/C8H11Cl2NO4S/c9-3-6(10)4-15-8(12)11-7-1-2-16(13,14)5-7/h1-2,6-7H,3-5H2,(H,11,12). The molecule has 0 aromatic rings. The van der Waals surface area contributed by atoms with Crippen LogP contribution >= 0.6 is 23.2 Å². The Hall–Kier alpha value is -0.460. The topological polar surface area (TPSA) is 72.5 Å². The van der Waals surface area contributed by atoms with E-state index in [0.717, 1.165) is 5.41 Å². The first-order valence-electron chi connectivity index (χ1n) is 4.47. The van der Waals surface area contributed by atoms with Crippen LogP contribution < -0.4 is 5.32 Å². The summed E-state index contributed by atoms with van der Waals surface area (Å²) >= 11 is 11.0. The van der Waals surface area contributed by atoms with E-state index in [1.807, 2.05) is 0 Å². The number of alkyl halides is 2. The normalized spacial score (nSPS) is 24.0. The predicted molar refractivity (Wildman–Crippen MR) is 61.6 cm³/mol. The molecular weight excluding hydrogens is 277 g/mol. The number of alkyl carbamates (subject to hydrolysis) is 1. The summed E-state index contributed by atoms with van der Waals surface area (Å²) in [6.07, 6.45) is 0.693. The maximum Gasteiger partial charge on any atom is 0.407 e. The molecule has 0 fully saturated rings. The Morgan fingerprint density at radius 1 is 1.62 bits per heavy atom. The minimum absolute atomic E-state index is 0.0138. The third kappa shape index (κ3) is 4.59. The van der Waals surface area contributed by atoms with Crippen molar-refractivity contribution in [1.82, 2.24) is 5.32 Å². The van der Waals surface area contributed by atoms with Crippen LogP contribution in [0.4, 0.5) is 4.79 Å². The lowest BCUT2D eigenvalue weighted by atomic mass is 10.3. The van der Waals surface area contributed by atoms with E-state index < -0.39 is 27.3 Å². The summed E-state index contributed by atoms with van der Waals surface area (Å²) < 4.78 is 26.8. The van der Waals surface area contributed by atoms with Crippen LogP contribution in [0.25, 0.3) is 0 Å². The lowest BCUT2D eigenvalue weighted by molar-refractivity contribution is 0.146. The molecule has 2 atom stereocenters. The van der Waals surface area contributed by atoms with E-state index in [2.05, 4.69) is 5.32 Å². The molecule has 1 heterocycles. The molecule has 1 aliphatic rings. The van der Waals surface area contributed by atoms with Crippen LogP contribution in [0.3, 0.4) is 0 Å². The second-order valence-corrected chi connectivity index (χ2v) is 6.12. The number of hydrogen-bond donors (Lipinski definition) is 1. The Morgan fingerprint density at radius 3 is 2.81 bits per heavy atom. The van der Waals surface area contributed by atoms with Crippen LogP contribution in [0.1, 0.15) is 0 Å². The number of ether oxygens (including phenoxy) is 1.